The third-order valence-electron chi connectivity index (χ3n) is 5.86. The molecule has 10 nitrogen and oxygen atoms in total. The molecule has 2 heterocycles. The number of amides is 1. The number of esters is 1. The summed E-state index contributed by atoms with van der Waals surface area (Å²) in [6, 6.07) is 9.04. The van der Waals surface area contributed by atoms with E-state index in [1.54, 1.807) is 12.1 Å². The number of rotatable bonds is 7. The fraction of sp³-hybridized carbons (Fsp3) is 0.391. The molecule has 0 saturated carbocycles. The van der Waals surface area contributed by atoms with Crippen LogP contribution in [0.3, 0.4) is 0 Å². The maximum Gasteiger partial charge on any atom is 0.340 e. The molecule has 0 aliphatic carbocycles. The maximum absolute atomic E-state index is 13.1. The van der Waals surface area contributed by atoms with Gasteiger partial charge in [0.1, 0.15) is 0 Å². The predicted octanol–water partition coefficient (Wildman–Crippen LogP) is 2.34. The summed E-state index contributed by atoms with van der Waals surface area (Å²) < 4.78 is 38.0. The second-order valence-electron chi connectivity index (χ2n) is 8.25. The molecule has 0 aromatic heterocycles. The number of benzene rings is 2. The molecule has 3 N–H and O–H groups in total. The third-order valence-corrected chi connectivity index (χ3v) is 7.99. The highest BCUT2D eigenvalue weighted by Crippen LogP contribution is 2.32. The highest BCUT2D eigenvalue weighted by atomic mass is 35.5. The summed E-state index contributed by atoms with van der Waals surface area (Å²) in [5.41, 5.74) is 7.09. The molecule has 2 fully saturated rings. The smallest absolute Gasteiger partial charge is 0.340 e. The van der Waals surface area contributed by atoms with Gasteiger partial charge in [-0.3, -0.25) is 4.79 Å². The van der Waals surface area contributed by atoms with E-state index in [2.05, 4.69) is 10.2 Å². The Morgan fingerprint density at radius 3 is 2.46 bits per heavy atom. The fourth-order valence-corrected chi connectivity index (χ4v) is 5.68. The van der Waals surface area contributed by atoms with Crippen LogP contribution in [0.5, 0.6) is 0 Å². The third kappa shape index (κ3) is 5.87. The summed E-state index contributed by atoms with van der Waals surface area (Å²) in [7, 11) is -3.76. The van der Waals surface area contributed by atoms with Crippen LogP contribution in [0, 0.1) is 0 Å². The average Bonchev–Trinajstić information content (AvgIpc) is 3.38. The Morgan fingerprint density at radius 1 is 1.06 bits per heavy atom. The number of nitrogen functional groups attached to an aromatic ring is 1. The Labute approximate surface area is 209 Å². The zero-order chi connectivity index (χ0) is 25.0. The lowest BCUT2D eigenvalue weighted by Gasteiger charge is -2.27. The average molecular weight is 523 g/mol. The fourth-order valence-electron chi connectivity index (χ4n) is 4.06. The summed E-state index contributed by atoms with van der Waals surface area (Å²) in [5.74, 6) is -1.37. The molecule has 0 unspecified atom stereocenters. The van der Waals surface area contributed by atoms with Crippen LogP contribution in [0.1, 0.15) is 23.2 Å². The molecule has 188 valence electrons. The number of carbonyl (C=O) groups is 2. The number of anilines is 3. The van der Waals surface area contributed by atoms with Gasteiger partial charge in [-0.1, -0.05) is 11.6 Å². The molecule has 35 heavy (non-hydrogen) atoms. The SMILES string of the molecule is Nc1cc(Cl)ccc1C(=O)OCC(=O)Nc1cc(S(=O)(=O)N2CCOCC2)ccc1N1CCCC1. The van der Waals surface area contributed by atoms with Crippen molar-refractivity contribution in [3.63, 3.8) is 0 Å². The van der Waals surface area contributed by atoms with Crippen molar-refractivity contribution in [3.8, 4) is 0 Å². The molecular weight excluding hydrogens is 496 g/mol. The second-order valence-corrected chi connectivity index (χ2v) is 10.6. The summed E-state index contributed by atoms with van der Waals surface area (Å²) in [5, 5.41) is 3.09. The van der Waals surface area contributed by atoms with Gasteiger partial charge in [-0.05, 0) is 49.2 Å². The van der Waals surface area contributed by atoms with Gasteiger partial charge in [-0.15, -0.1) is 0 Å². The van der Waals surface area contributed by atoms with Crippen molar-refractivity contribution >= 4 is 50.6 Å². The first-order valence-electron chi connectivity index (χ1n) is 11.2. The van der Waals surface area contributed by atoms with E-state index in [9.17, 15) is 18.0 Å². The molecule has 2 saturated heterocycles. The summed E-state index contributed by atoms with van der Waals surface area (Å²) in [6.07, 6.45) is 2.00. The van der Waals surface area contributed by atoms with Crippen LogP contribution in [-0.4, -0.2) is 70.6 Å². The van der Waals surface area contributed by atoms with Gasteiger partial charge in [0.2, 0.25) is 10.0 Å². The highest BCUT2D eigenvalue weighted by molar-refractivity contribution is 7.89. The Bertz CT molecular complexity index is 1210. The Kier molecular flexibility index (Phi) is 7.80. The van der Waals surface area contributed by atoms with Crippen LogP contribution in [0.2, 0.25) is 5.02 Å². The lowest BCUT2D eigenvalue weighted by molar-refractivity contribution is -0.119. The van der Waals surface area contributed by atoms with Gasteiger partial charge in [0.15, 0.2) is 6.61 Å². The van der Waals surface area contributed by atoms with Crippen molar-refractivity contribution in [1.29, 1.82) is 0 Å². The summed E-state index contributed by atoms with van der Waals surface area (Å²) in [6.45, 7) is 2.22. The molecule has 2 aliphatic heterocycles. The van der Waals surface area contributed by atoms with Crippen LogP contribution < -0.4 is 16.0 Å². The maximum atomic E-state index is 13.1. The van der Waals surface area contributed by atoms with E-state index in [4.69, 9.17) is 26.8 Å². The number of morpholine rings is 1. The second kappa shape index (κ2) is 10.8. The highest BCUT2D eigenvalue weighted by Gasteiger charge is 2.28. The summed E-state index contributed by atoms with van der Waals surface area (Å²) in [4.78, 5) is 27.2. The van der Waals surface area contributed by atoms with Crippen LogP contribution in [0.4, 0.5) is 17.1 Å². The lowest BCUT2D eigenvalue weighted by Crippen LogP contribution is -2.40. The van der Waals surface area contributed by atoms with Crippen LogP contribution >= 0.6 is 11.6 Å². The molecule has 12 heteroatoms. The zero-order valence-corrected chi connectivity index (χ0v) is 20.6. The van der Waals surface area contributed by atoms with Crippen LogP contribution in [0.15, 0.2) is 41.3 Å². The number of halogens is 1. The molecule has 2 aliphatic rings. The number of nitrogens with two attached hydrogens (primary N) is 1. The minimum Gasteiger partial charge on any atom is -0.452 e. The molecule has 0 spiro atoms. The predicted molar refractivity (Wildman–Crippen MR) is 132 cm³/mol. The van der Waals surface area contributed by atoms with Gasteiger partial charge < -0.3 is 25.4 Å². The molecule has 1 amide bonds. The van der Waals surface area contributed by atoms with E-state index in [1.807, 2.05) is 0 Å². The van der Waals surface area contributed by atoms with Gasteiger partial charge in [-0.2, -0.15) is 4.31 Å². The molecule has 4 rings (SSSR count). The van der Waals surface area contributed by atoms with E-state index < -0.39 is 28.5 Å². The van der Waals surface area contributed by atoms with Gasteiger partial charge in [-0.25, -0.2) is 13.2 Å². The number of carbonyl (C=O) groups excluding carboxylic acids is 2. The Hall–Kier alpha value is -2.86. The van der Waals surface area contributed by atoms with E-state index in [1.165, 1.54) is 28.6 Å². The molecule has 0 radical (unpaired) electrons. The summed E-state index contributed by atoms with van der Waals surface area (Å²) >= 11 is 5.85. The molecule has 2 aromatic rings. The number of nitrogens with zero attached hydrogens (tertiary/aromatic N) is 2. The topological polar surface area (TPSA) is 131 Å². The van der Waals surface area contributed by atoms with E-state index >= 15 is 0 Å². The number of hydrogen-bond donors (Lipinski definition) is 2. The van der Waals surface area contributed by atoms with Gasteiger partial charge >= 0.3 is 5.97 Å². The number of nitrogens with one attached hydrogen (secondary N) is 1. The van der Waals surface area contributed by atoms with Crippen LogP contribution in [-0.2, 0) is 24.3 Å². The Morgan fingerprint density at radius 2 is 1.77 bits per heavy atom. The molecule has 0 atom stereocenters. The van der Waals surface area contributed by atoms with Crippen molar-refractivity contribution in [2.75, 3.05) is 62.0 Å². The number of ether oxygens (including phenoxy) is 2. The van der Waals surface area contributed by atoms with Crippen molar-refractivity contribution in [3.05, 3.63) is 47.0 Å². The van der Waals surface area contributed by atoms with Crippen molar-refractivity contribution in [2.24, 2.45) is 0 Å². The zero-order valence-electron chi connectivity index (χ0n) is 19.0. The van der Waals surface area contributed by atoms with Crippen molar-refractivity contribution < 1.29 is 27.5 Å². The molecular formula is C23H27ClN4O6S. The van der Waals surface area contributed by atoms with Gasteiger partial charge in [0.25, 0.3) is 5.91 Å². The van der Waals surface area contributed by atoms with E-state index in [0.29, 0.717) is 29.6 Å². The normalized spacial score (nSPS) is 16.8. The van der Waals surface area contributed by atoms with Crippen molar-refractivity contribution in [1.82, 2.24) is 4.31 Å². The molecule has 2 aromatic carbocycles. The van der Waals surface area contributed by atoms with E-state index in [-0.39, 0.29) is 29.2 Å². The van der Waals surface area contributed by atoms with Crippen LogP contribution in [0.25, 0.3) is 0 Å². The monoisotopic (exact) mass is 522 g/mol. The first kappa shape index (κ1) is 25.2. The minimum atomic E-state index is -3.76. The van der Waals surface area contributed by atoms with E-state index in [0.717, 1.165) is 25.9 Å². The van der Waals surface area contributed by atoms with Gasteiger partial charge in [0, 0.05) is 36.9 Å². The number of hydrogen-bond acceptors (Lipinski definition) is 8. The Balaban J connectivity index is 1.51. The largest absolute Gasteiger partial charge is 0.452 e. The minimum absolute atomic E-state index is 0.0728. The first-order valence-corrected chi connectivity index (χ1v) is 13.1. The standard InChI is InChI=1S/C23H27ClN4O6S/c24-16-3-5-18(19(25)13-16)23(30)34-15-22(29)26-20-14-17(4-6-21(20)27-7-1-2-8-27)35(31,32)28-9-11-33-12-10-28/h3-6,13-14H,1-2,7-12,15,25H2,(H,26,29). The van der Waals surface area contributed by atoms with Crippen molar-refractivity contribution in [2.45, 2.75) is 17.7 Å². The van der Waals surface area contributed by atoms with Gasteiger partial charge in [0.05, 0.1) is 35.0 Å². The quantitative estimate of drug-likeness (QED) is 0.418. The lowest BCUT2D eigenvalue weighted by atomic mass is 10.2. The molecule has 0 bridgehead atoms. The first-order chi connectivity index (χ1) is 16.8. The number of sulfonamides is 1.